The van der Waals surface area contributed by atoms with Crippen molar-refractivity contribution in [3.63, 3.8) is 0 Å². The molecule has 4 atom stereocenters. The molecule has 0 aliphatic carbocycles. The predicted molar refractivity (Wildman–Crippen MR) is 90.0 cm³/mol. The lowest BCUT2D eigenvalue weighted by Gasteiger charge is -2.31. The Bertz CT molecular complexity index is 561. The average molecular weight is 335 g/mol. The van der Waals surface area contributed by atoms with Gasteiger partial charge in [-0.25, -0.2) is 4.39 Å². The topological polar surface area (TPSA) is 62.4 Å². The van der Waals surface area contributed by atoms with Gasteiger partial charge in [-0.2, -0.15) is 0 Å². The molecule has 1 aromatic carbocycles. The summed E-state index contributed by atoms with van der Waals surface area (Å²) in [6, 6.07) is 6.63. The van der Waals surface area contributed by atoms with Crippen molar-refractivity contribution in [3.05, 3.63) is 35.6 Å². The first-order valence-electron chi connectivity index (χ1n) is 8.68. The normalized spacial score (nSPS) is 30.2. The fourth-order valence-electron chi connectivity index (χ4n) is 3.56. The number of amides is 1. The van der Waals surface area contributed by atoms with Crippen molar-refractivity contribution in [1.29, 1.82) is 0 Å². The van der Waals surface area contributed by atoms with Crippen molar-refractivity contribution in [2.24, 2.45) is 5.92 Å². The van der Waals surface area contributed by atoms with E-state index in [1.807, 2.05) is 6.07 Å². The van der Waals surface area contributed by atoms with E-state index >= 15 is 0 Å². The first-order chi connectivity index (χ1) is 11.6. The molecule has 0 radical (unpaired) electrons. The second kappa shape index (κ2) is 8.05. The average Bonchev–Trinajstić information content (AvgIpc) is 3.06. The summed E-state index contributed by atoms with van der Waals surface area (Å²) in [6.45, 7) is 1.56. The number of ether oxygens (including phenoxy) is 1. The van der Waals surface area contributed by atoms with Gasteiger partial charge in [-0.15, -0.1) is 0 Å². The van der Waals surface area contributed by atoms with Crippen LogP contribution in [0.1, 0.15) is 24.8 Å². The van der Waals surface area contributed by atoms with E-state index in [2.05, 4.69) is 16.0 Å². The first-order valence-corrected chi connectivity index (χ1v) is 8.68. The van der Waals surface area contributed by atoms with Gasteiger partial charge in [-0.3, -0.25) is 10.1 Å². The Hall–Kier alpha value is -1.50. The van der Waals surface area contributed by atoms with Crippen LogP contribution in [0.15, 0.2) is 24.3 Å². The molecular weight excluding hydrogens is 309 g/mol. The smallest absolute Gasteiger partial charge is 0.238 e. The van der Waals surface area contributed by atoms with E-state index in [0.29, 0.717) is 5.92 Å². The number of nitrogens with one attached hydrogen (secondary N) is 3. The van der Waals surface area contributed by atoms with E-state index in [9.17, 15) is 9.18 Å². The van der Waals surface area contributed by atoms with Gasteiger partial charge in [-0.1, -0.05) is 12.1 Å². The third kappa shape index (κ3) is 4.53. The van der Waals surface area contributed by atoms with Crippen molar-refractivity contribution >= 4 is 5.91 Å². The van der Waals surface area contributed by atoms with Crippen LogP contribution in [0.25, 0.3) is 0 Å². The summed E-state index contributed by atoms with van der Waals surface area (Å²) >= 11 is 0. The van der Waals surface area contributed by atoms with E-state index in [4.69, 9.17) is 4.74 Å². The van der Waals surface area contributed by atoms with Crippen molar-refractivity contribution in [2.45, 2.75) is 44.0 Å². The summed E-state index contributed by atoms with van der Waals surface area (Å²) in [5.74, 6) is 0.331. The fourth-order valence-corrected chi connectivity index (χ4v) is 3.56. The number of carbonyl (C=O) groups excluding carboxylic acids is 1. The molecular formula is C18H26FN3O2. The molecule has 2 fully saturated rings. The molecule has 2 aliphatic heterocycles. The number of methoxy groups -OCH3 is 1. The molecule has 2 heterocycles. The Morgan fingerprint density at radius 2 is 2.21 bits per heavy atom. The molecule has 1 aromatic rings. The highest BCUT2D eigenvalue weighted by atomic mass is 19.1. The number of piperidine rings is 1. The highest BCUT2D eigenvalue weighted by molar-refractivity contribution is 5.82. The van der Waals surface area contributed by atoms with Gasteiger partial charge in [0.15, 0.2) is 0 Å². The second-order valence-electron chi connectivity index (χ2n) is 6.80. The van der Waals surface area contributed by atoms with Crippen molar-refractivity contribution in [1.82, 2.24) is 16.0 Å². The summed E-state index contributed by atoms with van der Waals surface area (Å²) in [6.07, 6.45) is 3.64. The maximum atomic E-state index is 13.2. The molecule has 2 aliphatic rings. The first kappa shape index (κ1) is 17.3. The van der Waals surface area contributed by atoms with Crippen LogP contribution in [-0.4, -0.2) is 44.4 Å². The van der Waals surface area contributed by atoms with Crippen LogP contribution >= 0.6 is 0 Å². The summed E-state index contributed by atoms with van der Waals surface area (Å²) in [7, 11) is 1.67. The predicted octanol–water partition coefficient (Wildman–Crippen LogP) is 1.19. The van der Waals surface area contributed by atoms with Crippen LogP contribution in [0.2, 0.25) is 0 Å². The Kier molecular flexibility index (Phi) is 5.81. The van der Waals surface area contributed by atoms with Gasteiger partial charge in [0.2, 0.25) is 5.91 Å². The van der Waals surface area contributed by atoms with Crippen molar-refractivity contribution in [3.8, 4) is 0 Å². The molecule has 24 heavy (non-hydrogen) atoms. The fraction of sp³-hybridized carbons (Fsp3) is 0.611. The number of rotatable bonds is 5. The molecule has 0 spiro atoms. The van der Waals surface area contributed by atoms with Crippen molar-refractivity contribution in [2.75, 3.05) is 20.2 Å². The monoisotopic (exact) mass is 335 g/mol. The zero-order chi connectivity index (χ0) is 16.9. The Morgan fingerprint density at radius 3 is 2.88 bits per heavy atom. The molecule has 5 nitrogen and oxygen atoms in total. The molecule has 3 rings (SSSR count). The largest absolute Gasteiger partial charge is 0.380 e. The molecule has 3 N–H and O–H groups in total. The number of hydrogen-bond donors (Lipinski definition) is 3. The lowest BCUT2D eigenvalue weighted by molar-refractivity contribution is -0.124. The Balaban J connectivity index is 1.41. The molecule has 0 aromatic heterocycles. The molecule has 2 unspecified atom stereocenters. The van der Waals surface area contributed by atoms with Crippen LogP contribution in [0.3, 0.4) is 0 Å². The SMILES string of the molecule is CO[C@@H]1CN[C@H](C(=O)NC2CCC(Cc3cccc(F)c3)CN2)C1. The van der Waals surface area contributed by atoms with Gasteiger partial charge in [0, 0.05) is 20.2 Å². The van der Waals surface area contributed by atoms with Gasteiger partial charge in [0.1, 0.15) is 5.82 Å². The highest BCUT2D eigenvalue weighted by Crippen LogP contribution is 2.19. The van der Waals surface area contributed by atoms with E-state index in [-0.39, 0.29) is 30.0 Å². The third-order valence-corrected chi connectivity index (χ3v) is 4.99. The maximum Gasteiger partial charge on any atom is 0.238 e. The van der Waals surface area contributed by atoms with Crippen LogP contribution < -0.4 is 16.0 Å². The number of benzene rings is 1. The van der Waals surface area contributed by atoms with Crippen LogP contribution in [0, 0.1) is 11.7 Å². The third-order valence-electron chi connectivity index (χ3n) is 4.99. The van der Waals surface area contributed by atoms with E-state index in [1.165, 1.54) is 6.07 Å². The van der Waals surface area contributed by atoms with Gasteiger partial charge < -0.3 is 15.4 Å². The van der Waals surface area contributed by atoms with E-state index < -0.39 is 0 Å². The molecule has 2 saturated heterocycles. The minimum Gasteiger partial charge on any atom is -0.380 e. The van der Waals surface area contributed by atoms with Gasteiger partial charge >= 0.3 is 0 Å². The van der Waals surface area contributed by atoms with Crippen LogP contribution in [0.4, 0.5) is 4.39 Å². The lowest BCUT2D eigenvalue weighted by atomic mass is 9.91. The summed E-state index contributed by atoms with van der Waals surface area (Å²) in [4.78, 5) is 12.3. The summed E-state index contributed by atoms with van der Waals surface area (Å²) in [5.41, 5.74) is 1.03. The van der Waals surface area contributed by atoms with E-state index in [0.717, 1.165) is 44.3 Å². The van der Waals surface area contributed by atoms with E-state index in [1.54, 1.807) is 19.2 Å². The number of carbonyl (C=O) groups is 1. The van der Waals surface area contributed by atoms with Gasteiger partial charge in [-0.05, 0) is 49.3 Å². The summed E-state index contributed by atoms with van der Waals surface area (Å²) < 4.78 is 18.5. The minimum atomic E-state index is -0.181. The van der Waals surface area contributed by atoms with Gasteiger partial charge in [0.25, 0.3) is 0 Å². The second-order valence-corrected chi connectivity index (χ2v) is 6.80. The molecule has 0 saturated carbocycles. The quantitative estimate of drug-likeness (QED) is 0.756. The Labute approximate surface area is 142 Å². The van der Waals surface area contributed by atoms with Gasteiger partial charge in [0.05, 0.1) is 18.3 Å². The maximum absolute atomic E-state index is 13.2. The molecule has 0 bridgehead atoms. The summed E-state index contributed by atoms with van der Waals surface area (Å²) in [5, 5.41) is 9.66. The standard InChI is InChI=1S/C18H26FN3O2/c1-24-15-9-16(20-11-15)18(23)22-17-6-5-13(10-21-17)7-12-3-2-4-14(19)8-12/h2-4,8,13,15-17,20-21H,5-7,9-11H2,1H3,(H,22,23)/t13?,15-,16-,17?/m0/s1. The van der Waals surface area contributed by atoms with Crippen molar-refractivity contribution < 1.29 is 13.9 Å². The molecule has 6 heteroatoms. The number of hydrogen-bond acceptors (Lipinski definition) is 4. The zero-order valence-electron chi connectivity index (χ0n) is 14.1. The minimum absolute atomic E-state index is 0.0182. The molecule has 132 valence electrons. The van der Waals surface area contributed by atoms with Crippen LogP contribution in [0.5, 0.6) is 0 Å². The Morgan fingerprint density at radius 1 is 1.33 bits per heavy atom. The zero-order valence-corrected chi connectivity index (χ0v) is 14.1. The van der Waals surface area contributed by atoms with Crippen LogP contribution in [-0.2, 0) is 16.0 Å². The molecule has 1 amide bonds. The lowest BCUT2D eigenvalue weighted by Crippen LogP contribution is -2.54. The number of halogens is 1. The highest BCUT2D eigenvalue weighted by Gasteiger charge is 2.31.